The Kier molecular flexibility index (Phi) is 7.01. The molecule has 0 aliphatic carbocycles. The molecule has 0 bridgehead atoms. The van der Waals surface area contributed by atoms with E-state index in [1.54, 1.807) is 28.3 Å². The van der Waals surface area contributed by atoms with Crippen LogP contribution in [-0.2, 0) is 4.79 Å². The molecule has 0 atom stereocenters. The number of anilines is 2. The highest BCUT2D eigenvalue weighted by Crippen LogP contribution is 2.37. The summed E-state index contributed by atoms with van der Waals surface area (Å²) >= 11 is 1.33. The van der Waals surface area contributed by atoms with Crippen molar-refractivity contribution in [2.45, 2.75) is 33.1 Å². The van der Waals surface area contributed by atoms with Gasteiger partial charge in [-0.3, -0.25) is 19.4 Å². The lowest BCUT2D eigenvalue weighted by Gasteiger charge is -2.38. The number of hydrogen-bond donors (Lipinski definition) is 1. The smallest absolute Gasteiger partial charge is 0.328 e. The van der Waals surface area contributed by atoms with Crippen LogP contribution in [0.1, 0.15) is 43.5 Å². The van der Waals surface area contributed by atoms with Crippen molar-refractivity contribution in [2.75, 3.05) is 49.8 Å². The minimum Gasteiger partial charge on any atom is -0.481 e. The summed E-state index contributed by atoms with van der Waals surface area (Å²) in [6.45, 7) is 6.62. The summed E-state index contributed by atoms with van der Waals surface area (Å²) in [5.74, 6) is -0.175. The molecule has 2 aromatic heterocycles. The van der Waals surface area contributed by atoms with Crippen molar-refractivity contribution in [1.82, 2.24) is 24.8 Å². The summed E-state index contributed by atoms with van der Waals surface area (Å²) in [5.41, 5.74) is 1.96. The van der Waals surface area contributed by atoms with E-state index in [2.05, 4.69) is 9.97 Å². The lowest BCUT2D eigenvalue weighted by atomic mass is 9.76. The molecule has 200 valence electrons. The summed E-state index contributed by atoms with van der Waals surface area (Å²) in [4.78, 5) is 57.9. The number of aliphatic carboxylic acids is 1. The molecule has 4 heterocycles. The predicted octanol–water partition coefficient (Wildman–Crippen LogP) is 3.76. The fourth-order valence-electron chi connectivity index (χ4n) is 5.15. The minimum absolute atomic E-state index is 0.0984. The van der Waals surface area contributed by atoms with Gasteiger partial charge < -0.3 is 14.9 Å². The zero-order chi connectivity index (χ0) is 27.0. The predicted molar refractivity (Wildman–Crippen MR) is 146 cm³/mol. The number of carboxylic acids is 1. The van der Waals surface area contributed by atoms with E-state index in [0.717, 1.165) is 22.1 Å². The van der Waals surface area contributed by atoms with Gasteiger partial charge in [-0.25, -0.2) is 19.7 Å². The van der Waals surface area contributed by atoms with Crippen molar-refractivity contribution in [3.8, 4) is 11.1 Å². The molecule has 0 saturated carbocycles. The number of urea groups is 1. The first kappa shape index (κ1) is 26.0. The number of amides is 2. The molecule has 2 saturated heterocycles. The van der Waals surface area contributed by atoms with Gasteiger partial charge >= 0.3 is 12.0 Å². The number of nitrogens with zero attached hydrogens (tertiary/aromatic N) is 7. The standard InChI is InChI=1S/C26H31N7O4S/c1-4-26(22(35)36)6-8-32(9-7-26)23-27-12-19(13-28-23)17-10-18(14-34)21-20(11-17)29-24(38-21)33-16-30(3)15-31(5-2)25(33)37/h10-14H,4-9,15-16H2,1-3H3,(H,35,36). The van der Waals surface area contributed by atoms with Gasteiger partial charge in [-0.15, -0.1) is 0 Å². The van der Waals surface area contributed by atoms with E-state index in [1.807, 2.05) is 36.8 Å². The Balaban J connectivity index is 1.40. The van der Waals surface area contributed by atoms with Gasteiger partial charge in [-0.05, 0) is 50.9 Å². The number of benzene rings is 1. The SMILES string of the molecule is CCN1CN(C)CN(c2nc3cc(-c4cnc(N5CCC(CC)(C(=O)O)CC5)nc4)cc(C=O)c3s2)C1=O. The summed E-state index contributed by atoms with van der Waals surface area (Å²) in [7, 11) is 1.95. The highest BCUT2D eigenvalue weighted by molar-refractivity contribution is 7.22. The number of fused-ring (bicyclic) bond motifs is 1. The largest absolute Gasteiger partial charge is 0.481 e. The lowest BCUT2D eigenvalue weighted by Crippen LogP contribution is -2.56. The molecule has 1 aromatic carbocycles. The summed E-state index contributed by atoms with van der Waals surface area (Å²) in [6, 6.07) is 3.58. The number of aldehydes is 1. The van der Waals surface area contributed by atoms with Crippen LogP contribution >= 0.6 is 11.3 Å². The molecule has 0 unspecified atom stereocenters. The molecule has 12 heteroatoms. The number of carbonyl (C=O) groups is 3. The van der Waals surface area contributed by atoms with E-state index in [4.69, 9.17) is 4.98 Å². The highest BCUT2D eigenvalue weighted by Gasteiger charge is 2.40. The van der Waals surface area contributed by atoms with Crippen molar-refractivity contribution >= 4 is 50.9 Å². The van der Waals surface area contributed by atoms with Crippen molar-refractivity contribution in [1.29, 1.82) is 0 Å². The molecule has 0 radical (unpaired) electrons. The Labute approximate surface area is 224 Å². The zero-order valence-electron chi connectivity index (χ0n) is 21.8. The van der Waals surface area contributed by atoms with Crippen LogP contribution in [0.5, 0.6) is 0 Å². The molecule has 2 aliphatic rings. The first-order valence-electron chi connectivity index (χ1n) is 12.7. The maximum atomic E-state index is 12.9. The topological polar surface area (TPSA) is 123 Å². The third kappa shape index (κ3) is 4.58. The third-order valence-electron chi connectivity index (χ3n) is 7.65. The molecular weight excluding hydrogens is 506 g/mol. The van der Waals surface area contributed by atoms with Gasteiger partial charge in [0, 0.05) is 43.2 Å². The van der Waals surface area contributed by atoms with Crippen LogP contribution in [0.2, 0.25) is 0 Å². The van der Waals surface area contributed by atoms with Crippen molar-refractivity contribution < 1.29 is 19.5 Å². The van der Waals surface area contributed by atoms with Gasteiger partial charge in [0.1, 0.15) is 0 Å². The Morgan fingerprint density at radius 1 is 1.13 bits per heavy atom. The van der Waals surface area contributed by atoms with Crippen LogP contribution in [-0.4, -0.2) is 88.2 Å². The second-order valence-corrected chi connectivity index (χ2v) is 10.9. The van der Waals surface area contributed by atoms with E-state index in [9.17, 15) is 19.5 Å². The highest BCUT2D eigenvalue weighted by atomic mass is 32.1. The molecule has 5 rings (SSSR count). The van der Waals surface area contributed by atoms with E-state index in [1.165, 1.54) is 11.3 Å². The maximum Gasteiger partial charge on any atom is 0.328 e. The molecule has 11 nitrogen and oxygen atoms in total. The molecular formula is C26H31N7O4S. The fourth-order valence-corrected chi connectivity index (χ4v) is 6.16. The van der Waals surface area contributed by atoms with Gasteiger partial charge in [0.2, 0.25) is 5.95 Å². The molecule has 38 heavy (non-hydrogen) atoms. The first-order chi connectivity index (χ1) is 18.3. The van der Waals surface area contributed by atoms with Crippen LogP contribution in [0.15, 0.2) is 24.5 Å². The van der Waals surface area contributed by atoms with Crippen molar-refractivity contribution in [3.05, 3.63) is 30.1 Å². The molecule has 3 aromatic rings. The quantitative estimate of drug-likeness (QED) is 0.449. The van der Waals surface area contributed by atoms with Crippen LogP contribution in [0, 0.1) is 5.41 Å². The van der Waals surface area contributed by atoms with Gasteiger partial charge in [0.15, 0.2) is 11.4 Å². The Hall–Kier alpha value is -3.64. The van der Waals surface area contributed by atoms with E-state index >= 15 is 0 Å². The third-order valence-corrected chi connectivity index (χ3v) is 8.79. The maximum absolute atomic E-state index is 12.9. The van der Waals surface area contributed by atoms with Crippen LogP contribution in [0.4, 0.5) is 15.9 Å². The fraction of sp³-hybridized carbons (Fsp3) is 0.462. The molecule has 2 fully saturated rings. The van der Waals surface area contributed by atoms with Gasteiger partial charge in [0.05, 0.1) is 29.0 Å². The number of hydrogen-bond acceptors (Lipinski definition) is 9. The molecule has 1 N–H and O–H groups in total. The molecule has 2 amide bonds. The average Bonchev–Trinajstić information content (AvgIpc) is 3.37. The van der Waals surface area contributed by atoms with Gasteiger partial charge in [-0.1, -0.05) is 18.3 Å². The number of piperidine rings is 1. The monoisotopic (exact) mass is 537 g/mol. The Morgan fingerprint density at radius 2 is 1.84 bits per heavy atom. The number of carboxylic acid groups (broad SMARTS) is 1. The van der Waals surface area contributed by atoms with Gasteiger partial charge in [0.25, 0.3) is 0 Å². The van der Waals surface area contributed by atoms with Crippen LogP contribution < -0.4 is 9.80 Å². The second kappa shape index (κ2) is 10.3. The average molecular weight is 538 g/mol. The molecule has 2 aliphatic heterocycles. The Bertz CT molecular complexity index is 1370. The van der Waals surface area contributed by atoms with E-state index < -0.39 is 11.4 Å². The summed E-state index contributed by atoms with van der Waals surface area (Å²) in [5, 5.41) is 10.2. The number of thiazole rings is 1. The number of carbonyl (C=O) groups excluding carboxylic acids is 2. The number of aromatic nitrogens is 3. The van der Waals surface area contributed by atoms with Crippen molar-refractivity contribution in [3.63, 3.8) is 0 Å². The Morgan fingerprint density at radius 3 is 2.45 bits per heavy atom. The van der Waals surface area contributed by atoms with Gasteiger partial charge in [-0.2, -0.15) is 0 Å². The normalized spacial score (nSPS) is 18.3. The number of rotatable bonds is 7. The van der Waals surface area contributed by atoms with E-state index in [0.29, 0.717) is 74.4 Å². The van der Waals surface area contributed by atoms with E-state index in [-0.39, 0.29) is 6.03 Å². The zero-order valence-corrected chi connectivity index (χ0v) is 22.6. The summed E-state index contributed by atoms with van der Waals surface area (Å²) in [6.07, 6.45) is 5.96. The molecule has 0 spiro atoms. The second-order valence-electron chi connectivity index (χ2n) is 9.93. The first-order valence-corrected chi connectivity index (χ1v) is 13.6. The van der Waals surface area contributed by atoms with Crippen LogP contribution in [0.25, 0.3) is 21.3 Å². The summed E-state index contributed by atoms with van der Waals surface area (Å²) < 4.78 is 0.728. The minimum atomic E-state index is -0.734. The van der Waals surface area contributed by atoms with Crippen molar-refractivity contribution in [2.24, 2.45) is 5.41 Å². The lowest BCUT2D eigenvalue weighted by molar-refractivity contribution is -0.150. The van der Waals surface area contributed by atoms with Crippen LogP contribution in [0.3, 0.4) is 0 Å².